The van der Waals surface area contributed by atoms with Gasteiger partial charge in [-0.1, -0.05) is 30.3 Å². The van der Waals surface area contributed by atoms with Crippen LogP contribution >= 0.6 is 0 Å². The molecule has 1 saturated heterocycles. The standard InChI is InChI=1S/C17H26O4/c1-12(2)20-16-10-15(18-4)17(13(3)21-16)19-11-14-8-6-5-7-9-14/h5-9,12-13,15-17H,10-11H2,1-4H3/t13-,15-,16?,17-/m0/s1. The maximum atomic E-state index is 6.03. The molecular weight excluding hydrogens is 268 g/mol. The molecule has 4 heteroatoms. The molecule has 1 aromatic carbocycles. The predicted octanol–water partition coefficient (Wildman–Crippen LogP) is 3.15. The summed E-state index contributed by atoms with van der Waals surface area (Å²) in [5.41, 5.74) is 1.15. The Balaban J connectivity index is 1.92. The SMILES string of the molecule is CO[C@H]1CC(OC(C)C)O[C@@H](C)[C@@H]1OCc1ccccc1. The highest BCUT2D eigenvalue weighted by atomic mass is 16.7. The Bertz CT molecular complexity index is 407. The van der Waals surface area contributed by atoms with Crippen molar-refractivity contribution in [1.82, 2.24) is 0 Å². The summed E-state index contributed by atoms with van der Waals surface area (Å²) in [4.78, 5) is 0. The van der Waals surface area contributed by atoms with E-state index in [1.165, 1.54) is 0 Å². The van der Waals surface area contributed by atoms with E-state index >= 15 is 0 Å². The van der Waals surface area contributed by atoms with E-state index in [2.05, 4.69) is 12.1 Å². The zero-order valence-electron chi connectivity index (χ0n) is 13.3. The highest BCUT2D eigenvalue weighted by Gasteiger charge is 2.38. The lowest BCUT2D eigenvalue weighted by molar-refractivity contribution is -0.268. The Labute approximate surface area is 127 Å². The summed E-state index contributed by atoms with van der Waals surface area (Å²) in [7, 11) is 1.72. The Morgan fingerprint density at radius 1 is 1.24 bits per heavy atom. The number of benzene rings is 1. The quantitative estimate of drug-likeness (QED) is 0.807. The molecule has 0 spiro atoms. The van der Waals surface area contributed by atoms with Gasteiger partial charge in [0, 0.05) is 13.5 Å². The molecule has 1 unspecified atom stereocenters. The molecule has 2 rings (SSSR count). The third kappa shape index (κ3) is 4.78. The smallest absolute Gasteiger partial charge is 0.160 e. The molecule has 0 radical (unpaired) electrons. The Kier molecular flexibility index (Phi) is 6.18. The normalized spacial score (nSPS) is 29.8. The van der Waals surface area contributed by atoms with Crippen LogP contribution < -0.4 is 0 Å². The van der Waals surface area contributed by atoms with E-state index in [4.69, 9.17) is 18.9 Å². The Morgan fingerprint density at radius 2 is 1.95 bits per heavy atom. The average Bonchev–Trinajstić information content (AvgIpc) is 2.46. The second kappa shape index (κ2) is 7.90. The zero-order chi connectivity index (χ0) is 15.2. The lowest BCUT2D eigenvalue weighted by Crippen LogP contribution is -2.50. The van der Waals surface area contributed by atoms with Gasteiger partial charge in [-0.2, -0.15) is 0 Å². The third-order valence-corrected chi connectivity index (χ3v) is 3.63. The first-order valence-corrected chi connectivity index (χ1v) is 7.59. The lowest BCUT2D eigenvalue weighted by Gasteiger charge is -2.40. The van der Waals surface area contributed by atoms with Crippen LogP contribution in [0.5, 0.6) is 0 Å². The molecule has 21 heavy (non-hydrogen) atoms. The van der Waals surface area contributed by atoms with Gasteiger partial charge < -0.3 is 18.9 Å². The van der Waals surface area contributed by atoms with Gasteiger partial charge in [-0.15, -0.1) is 0 Å². The van der Waals surface area contributed by atoms with Crippen molar-refractivity contribution in [2.24, 2.45) is 0 Å². The minimum atomic E-state index is -0.221. The van der Waals surface area contributed by atoms with E-state index in [-0.39, 0.29) is 30.7 Å². The van der Waals surface area contributed by atoms with E-state index in [0.717, 1.165) is 5.56 Å². The van der Waals surface area contributed by atoms with Crippen LogP contribution in [0.25, 0.3) is 0 Å². The maximum absolute atomic E-state index is 6.03. The molecule has 1 heterocycles. The van der Waals surface area contributed by atoms with Crippen molar-refractivity contribution < 1.29 is 18.9 Å². The summed E-state index contributed by atoms with van der Waals surface area (Å²) in [6.45, 7) is 6.59. The van der Waals surface area contributed by atoms with E-state index < -0.39 is 0 Å². The van der Waals surface area contributed by atoms with Crippen LogP contribution in [0.4, 0.5) is 0 Å². The van der Waals surface area contributed by atoms with E-state index in [9.17, 15) is 0 Å². The van der Waals surface area contributed by atoms with Crippen molar-refractivity contribution in [2.75, 3.05) is 7.11 Å². The minimum Gasteiger partial charge on any atom is -0.378 e. The first-order valence-electron chi connectivity index (χ1n) is 7.59. The highest BCUT2D eigenvalue weighted by molar-refractivity contribution is 5.13. The number of methoxy groups -OCH3 is 1. The fraction of sp³-hybridized carbons (Fsp3) is 0.647. The van der Waals surface area contributed by atoms with Gasteiger partial charge in [-0.25, -0.2) is 0 Å². The molecule has 0 amide bonds. The van der Waals surface area contributed by atoms with Gasteiger partial charge in [-0.05, 0) is 26.3 Å². The fourth-order valence-electron chi connectivity index (χ4n) is 2.63. The summed E-state index contributed by atoms with van der Waals surface area (Å²) < 4.78 is 23.3. The van der Waals surface area contributed by atoms with Crippen LogP contribution in [0.1, 0.15) is 32.8 Å². The number of rotatable bonds is 6. The van der Waals surface area contributed by atoms with Crippen LogP contribution in [0.2, 0.25) is 0 Å². The van der Waals surface area contributed by atoms with Gasteiger partial charge in [0.1, 0.15) is 6.10 Å². The van der Waals surface area contributed by atoms with Crippen molar-refractivity contribution in [3.8, 4) is 0 Å². The molecule has 0 saturated carbocycles. The molecule has 0 bridgehead atoms. The van der Waals surface area contributed by atoms with Crippen LogP contribution in [0.3, 0.4) is 0 Å². The van der Waals surface area contributed by atoms with Crippen LogP contribution in [0, 0.1) is 0 Å². The van der Waals surface area contributed by atoms with Crippen LogP contribution in [0.15, 0.2) is 30.3 Å². The van der Waals surface area contributed by atoms with Crippen molar-refractivity contribution in [2.45, 2.75) is 64.5 Å². The number of ether oxygens (including phenoxy) is 4. The van der Waals surface area contributed by atoms with Crippen LogP contribution in [-0.2, 0) is 25.6 Å². The van der Waals surface area contributed by atoms with Gasteiger partial charge in [0.15, 0.2) is 6.29 Å². The molecule has 1 aliphatic rings. The van der Waals surface area contributed by atoms with Gasteiger partial charge in [0.25, 0.3) is 0 Å². The molecule has 0 N–H and O–H groups in total. The van der Waals surface area contributed by atoms with Crippen molar-refractivity contribution in [3.05, 3.63) is 35.9 Å². The first kappa shape index (κ1) is 16.4. The van der Waals surface area contributed by atoms with Crippen molar-refractivity contribution in [3.63, 3.8) is 0 Å². The van der Waals surface area contributed by atoms with Gasteiger partial charge in [-0.3, -0.25) is 0 Å². The molecule has 118 valence electrons. The third-order valence-electron chi connectivity index (χ3n) is 3.63. The van der Waals surface area contributed by atoms with E-state index in [1.807, 2.05) is 39.0 Å². The Hall–Kier alpha value is -0.940. The second-order valence-corrected chi connectivity index (χ2v) is 5.73. The molecule has 4 nitrogen and oxygen atoms in total. The first-order chi connectivity index (χ1) is 10.1. The van der Waals surface area contributed by atoms with Gasteiger partial charge in [0.2, 0.25) is 0 Å². The second-order valence-electron chi connectivity index (χ2n) is 5.73. The Morgan fingerprint density at radius 3 is 2.57 bits per heavy atom. The lowest BCUT2D eigenvalue weighted by atomic mass is 10.0. The molecule has 0 aliphatic carbocycles. The predicted molar refractivity (Wildman–Crippen MR) is 81.0 cm³/mol. The summed E-state index contributed by atoms with van der Waals surface area (Å²) in [5, 5.41) is 0. The van der Waals surface area contributed by atoms with Crippen molar-refractivity contribution in [1.29, 1.82) is 0 Å². The number of hydrogen-bond acceptors (Lipinski definition) is 4. The van der Waals surface area contributed by atoms with Crippen LogP contribution in [-0.4, -0.2) is 37.8 Å². The molecule has 1 fully saturated rings. The van der Waals surface area contributed by atoms with Gasteiger partial charge >= 0.3 is 0 Å². The van der Waals surface area contributed by atoms with E-state index in [1.54, 1.807) is 7.11 Å². The zero-order valence-corrected chi connectivity index (χ0v) is 13.3. The molecule has 1 aliphatic heterocycles. The highest BCUT2D eigenvalue weighted by Crippen LogP contribution is 2.26. The molecule has 1 aromatic rings. The van der Waals surface area contributed by atoms with E-state index in [0.29, 0.717) is 13.0 Å². The summed E-state index contributed by atoms with van der Waals surface area (Å²) in [6.07, 6.45) is 0.459. The summed E-state index contributed by atoms with van der Waals surface area (Å²) >= 11 is 0. The molecular formula is C17H26O4. The monoisotopic (exact) mass is 294 g/mol. The molecule has 4 atom stereocenters. The molecule has 0 aromatic heterocycles. The minimum absolute atomic E-state index is 0.0128. The fourth-order valence-corrected chi connectivity index (χ4v) is 2.63. The summed E-state index contributed by atoms with van der Waals surface area (Å²) in [5.74, 6) is 0. The largest absolute Gasteiger partial charge is 0.378 e. The summed E-state index contributed by atoms with van der Waals surface area (Å²) in [6, 6.07) is 10.1. The number of hydrogen-bond donors (Lipinski definition) is 0. The van der Waals surface area contributed by atoms with Gasteiger partial charge in [0.05, 0.1) is 24.9 Å². The average molecular weight is 294 g/mol. The topological polar surface area (TPSA) is 36.9 Å². The van der Waals surface area contributed by atoms with Crippen molar-refractivity contribution >= 4 is 0 Å². The maximum Gasteiger partial charge on any atom is 0.160 e.